The maximum absolute atomic E-state index is 13.2. The molecule has 8 heteroatoms. The average Bonchev–Trinajstić information content (AvgIpc) is 3.03. The second-order valence-electron chi connectivity index (χ2n) is 6.98. The second-order valence-corrected chi connectivity index (χ2v) is 8.99. The number of aryl methyl sites for hydroxylation is 1. The fraction of sp³-hybridized carbons (Fsp3) is 0.526. The van der Waals surface area contributed by atoms with Gasteiger partial charge in [0.2, 0.25) is 10.0 Å². The fourth-order valence-electron chi connectivity index (χ4n) is 3.40. The van der Waals surface area contributed by atoms with Crippen molar-refractivity contribution in [3.8, 4) is 0 Å². The Morgan fingerprint density at radius 3 is 2.44 bits per heavy atom. The maximum atomic E-state index is 13.2. The molecular weight excluding hydrogens is 367 g/mol. The van der Waals surface area contributed by atoms with Gasteiger partial charge in [0.05, 0.1) is 12.3 Å². The van der Waals surface area contributed by atoms with Crippen molar-refractivity contribution < 1.29 is 12.8 Å². The number of aromatic nitrogens is 2. The Bertz CT molecular complexity index is 858. The molecule has 6 nitrogen and oxygen atoms in total. The van der Waals surface area contributed by atoms with Crippen molar-refractivity contribution in [3.63, 3.8) is 0 Å². The van der Waals surface area contributed by atoms with Crippen molar-refractivity contribution in [1.82, 2.24) is 9.78 Å². The van der Waals surface area contributed by atoms with Gasteiger partial charge in [-0.2, -0.15) is 5.10 Å². The number of piperidine rings is 1. The summed E-state index contributed by atoms with van der Waals surface area (Å²) in [5.41, 5.74) is 0.733. The highest BCUT2D eigenvalue weighted by atomic mass is 32.2. The van der Waals surface area contributed by atoms with Crippen LogP contribution >= 0.6 is 0 Å². The first-order valence-electron chi connectivity index (χ1n) is 9.44. The van der Waals surface area contributed by atoms with E-state index in [1.54, 1.807) is 23.9 Å². The number of rotatable bonds is 7. The van der Waals surface area contributed by atoms with Gasteiger partial charge >= 0.3 is 0 Å². The lowest BCUT2D eigenvalue weighted by Crippen LogP contribution is -2.34. The first kappa shape index (κ1) is 19.7. The predicted molar refractivity (Wildman–Crippen MR) is 106 cm³/mol. The summed E-state index contributed by atoms with van der Waals surface area (Å²) in [5.74, 6) is 1.06. The lowest BCUT2D eigenvalue weighted by atomic mass is 10.1. The summed E-state index contributed by atoms with van der Waals surface area (Å²) in [6, 6.07) is 7.78. The zero-order valence-corrected chi connectivity index (χ0v) is 16.8. The summed E-state index contributed by atoms with van der Waals surface area (Å²) in [4.78, 5) is 2.20. The minimum absolute atomic E-state index is 0.0540. The van der Waals surface area contributed by atoms with Crippen molar-refractivity contribution in [3.05, 3.63) is 41.7 Å². The molecule has 0 aliphatic carbocycles. The molecule has 1 aromatic heterocycles. The summed E-state index contributed by atoms with van der Waals surface area (Å²) in [6.07, 6.45) is 4.00. The van der Waals surface area contributed by atoms with Crippen LogP contribution in [0.3, 0.4) is 0 Å². The van der Waals surface area contributed by atoms with Crippen LogP contribution in [0.25, 0.3) is 0 Å². The van der Waals surface area contributed by atoms with E-state index in [-0.39, 0.29) is 18.1 Å². The van der Waals surface area contributed by atoms with Crippen LogP contribution in [0.1, 0.15) is 38.2 Å². The number of anilines is 2. The van der Waals surface area contributed by atoms with E-state index in [2.05, 4.69) is 10.00 Å². The molecule has 0 unspecified atom stereocenters. The molecule has 0 amide bonds. The molecule has 1 aliphatic heterocycles. The van der Waals surface area contributed by atoms with Gasteiger partial charge in [-0.05, 0) is 43.4 Å². The molecule has 3 rings (SSSR count). The maximum Gasteiger partial charge on any atom is 0.236 e. The lowest BCUT2D eigenvalue weighted by Gasteiger charge is -2.26. The molecule has 1 aliphatic rings. The minimum atomic E-state index is -3.51. The summed E-state index contributed by atoms with van der Waals surface area (Å²) in [7, 11) is -1.75. The number of nitrogens with zero attached hydrogens (tertiary/aromatic N) is 4. The predicted octanol–water partition coefficient (Wildman–Crippen LogP) is 3.30. The van der Waals surface area contributed by atoms with E-state index in [9.17, 15) is 12.8 Å². The molecule has 1 aromatic carbocycles. The third kappa shape index (κ3) is 4.61. The van der Waals surface area contributed by atoms with Crippen molar-refractivity contribution in [1.29, 1.82) is 0 Å². The quantitative estimate of drug-likeness (QED) is 0.723. The number of sulfonamides is 1. The number of hydrogen-bond donors (Lipinski definition) is 0. The van der Waals surface area contributed by atoms with E-state index >= 15 is 0 Å². The first-order valence-corrected chi connectivity index (χ1v) is 11.1. The Morgan fingerprint density at radius 1 is 1.15 bits per heavy atom. The topological polar surface area (TPSA) is 58.4 Å². The van der Waals surface area contributed by atoms with E-state index in [1.807, 2.05) is 13.0 Å². The van der Waals surface area contributed by atoms with Gasteiger partial charge < -0.3 is 4.90 Å². The standard InChI is InChI=1S/C19H27FN4O2S/c1-3-13-27(25,26)24(15-16-7-9-17(20)10-8-16)19-14-18(21-22(19)2)23-11-5-4-6-12-23/h7-10,14H,3-6,11-13,15H2,1-2H3. The Morgan fingerprint density at radius 2 is 1.81 bits per heavy atom. The lowest BCUT2D eigenvalue weighted by molar-refractivity contribution is 0.569. The summed E-state index contributed by atoms with van der Waals surface area (Å²) in [6.45, 7) is 3.88. The molecule has 2 heterocycles. The smallest absolute Gasteiger partial charge is 0.236 e. The molecule has 0 bridgehead atoms. The van der Waals surface area contributed by atoms with Crippen LogP contribution in [0.4, 0.5) is 16.0 Å². The molecule has 2 aromatic rings. The Balaban J connectivity index is 1.94. The molecule has 148 valence electrons. The van der Waals surface area contributed by atoms with Gasteiger partial charge in [-0.3, -0.25) is 0 Å². The fourth-order valence-corrected chi connectivity index (χ4v) is 4.94. The van der Waals surface area contributed by atoms with Crippen LogP contribution in [0.2, 0.25) is 0 Å². The summed E-state index contributed by atoms with van der Waals surface area (Å²) < 4.78 is 42.1. The Hall–Kier alpha value is -2.09. The molecule has 0 saturated carbocycles. The van der Waals surface area contributed by atoms with E-state index in [0.29, 0.717) is 12.2 Å². The Labute approximate surface area is 160 Å². The highest BCUT2D eigenvalue weighted by Crippen LogP contribution is 2.27. The van der Waals surface area contributed by atoms with E-state index < -0.39 is 10.0 Å². The Kier molecular flexibility index (Phi) is 6.04. The van der Waals surface area contributed by atoms with Crippen LogP contribution < -0.4 is 9.21 Å². The highest BCUT2D eigenvalue weighted by Gasteiger charge is 2.26. The zero-order chi connectivity index (χ0) is 19.4. The number of halogens is 1. The van der Waals surface area contributed by atoms with Crippen molar-refractivity contribution in [2.45, 2.75) is 39.2 Å². The molecule has 0 spiro atoms. The van der Waals surface area contributed by atoms with Gasteiger partial charge in [0.1, 0.15) is 11.6 Å². The molecule has 0 radical (unpaired) electrons. The van der Waals surface area contributed by atoms with E-state index in [4.69, 9.17) is 0 Å². The first-order chi connectivity index (χ1) is 12.9. The van der Waals surface area contributed by atoms with Crippen LogP contribution in [0.15, 0.2) is 30.3 Å². The SMILES string of the molecule is CCCS(=O)(=O)N(Cc1ccc(F)cc1)c1cc(N2CCCCC2)nn1C. The highest BCUT2D eigenvalue weighted by molar-refractivity contribution is 7.92. The van der Waals surface area contributed by atoms with Crippen LogP contribution in [-0.4, -0.2) is 37.0 Å². The third-order valence-corrected chi connectivity index (χ3v) is 6.73. The molecular formula is C19H27FN4O2S. The van der Waals surface area contributed by atoms with Crippen LogP contribution in [0, 0.1) is 5.82 Å². The monoisotopic (exact) mass is 394 g/mol. The van der Waals surface area contributed by atoms with Gasteiger partial charge in [0.15, 0.2) is 5.82 Å². The number of hydrogen-bond acceptors (Lipinski definition) is 4. The molecule has 0 N–H and O–H groups in total. The third-order valence-electron chi connectivity index (χ3n) is 4.82. The van der Waals surface area contributed by atoms with E-state index in [1.165, 1.54) is 22.9 Å². The normalized spacial score (nSPS) is 15.1. The average molecular weight is 395 g/mol. The van der Waals surface area contributed by atoms with Gasteiger partial charge in [0.25, 0.3) is 0 Å². The minimum Gasteiger partial charge on any atom is -0.355 e. The van der Waals surface area contributed by atoms with Crippen molar-refractivity contribution >= 4 is 21.7 Å². The van der Waals surface area contributed by atoms with Gasteiger partial charge in [0, 0.05) is 26.2 Å². The summed E-state index contributed by atoms with van der Waals surface area (Å²) >= 11 is 0. The van der Waals surface area contributed by atoms with Gasteiger partial charge in [-0.1, -0.05) is 19.1 Å². The molecule has 27 heavy (non-hydrogen) atoms. The van der Waals surface area contributed by atoms with Crippen molar-refractivity contribution in [2.24, 2.45) is 7.05 Å². The molecule has 0 atom stereocenters. The van der Waals surface area contributed by atoms with Crippen LogP contribution in [0.5, 0.6) is 0 Å². The van der Waals surface area contributed by atoms with Gasteiger partial charge in [-0.15, -0.1) is 0 Å². The van der Waals surface area contributed by atoms with Crippen LogP contribution in [-0.2, 0) is 23.6 Å². The van der Waals surface area contributed by atoms with Gasteiger partial charge in [-0.25, -0.2) is 21.8 Å². The zero-order valence-electron chi connectivity index (χ0n) is 15.9. The second kappa shape index (κ2) is 8.29. The largest absolute Gasteiger partial charge is 0.355 e. The molecule has 1 saturated heterocycles. The van der Waals surface area contributed by atoms with Crippen molar-refractivity contribution in [2.75, 3.05) is 28.0 Å². The number of benzene rings is 1. The molecule has 1 fully saturated rings. The summed E-state index contributed by atoms with van der Waals surface area (Å²) in [5, 5.41) is 4.56. The van der Waals surface area contributed by atoms with E-state index in [0.717, 1.165) is 37.3 Å².